The molecule has 0 saturated carbocycles. The number of rotatable bonds is 5. The maximum absolute atomic E-state index is 5.22. The second-order valence-electron chi connectivity index (χ2n) is 6.16. The second kappa shape index (κ2) is 7.12. The summed E-state index contributed by atoms with van der Waals surface area (Å²) in [5.74, 6) is 2.12. The van der Waals surface area contributed by atoms with Crippen molar-refractivity contribution < 1.29 is 4.74 Å². The van der Waals surface area contributed by atoms with Gasteiger partial charge in [-0.1, -0.05) is 6.58 Å². The number of aryl methyl sites for hydroxylation is 1. The average Bonchev–Trinajstić information content (AvgIpc) is 3.22. The Labute approximate surface area is 156 Å². The van der Waals surface area contributed by atoms with Gasteiger partial charge in [0.25, 0.3) is 0 Å². The van der Waals surface area contributed by atoms with E-state index in [9.17, 15) is 0 Å². The van der Waals surface area contributed by atoms with Crippen molar-refractivity contribution in [1.29, 1.82) is 0 Å². The first kappa shape index (κ1) is 17.1. The highest BCUT2D eigenvalue weighted by molar-refractivity contribution is 5.73. The van der Waals surface area contributed by atoms with E-state index in [2.05, 4.69) is 37.0 Å². The molecule has 0 radical (unpaired) electrons. The maximum atomic E-state index is 5.22. The van der Waals surface area contributed by atoms with Crippen LogP contribution >= 0.6 is 0 Å². The van der Waals surface area contributed by atoms with Crippen molar-refractivity contribution in [2.45, 2.75) is 6.92 Å². The molecular formula is C18H20N8O. The van der Waals surface area contributed by atoms with Gasteiger partial charge in [0.1, 0.15) is 12.0 Å². The molecule has 138 valence electrons. The Balaban J connectivity index is 1.71. The van der Waals surface area contributed by atoms with E-state index < -0.39 is 0 Å². The van der Waals surface area contributed by atoms with E-state index in [4.69, 9.17) is 9.72 Å². The highest BCUT2D eigenvalue weighted by atomic mass is 16.5. The highest BCUT2D eigenvalue weighted by Crippen LogP contribution is 2.32. The summed E-state index contributed by atoms with van der Waals surface area (Å²) in [7, 11) is 1.68. The van der Waals surface area contributed by atoms with E-state index in [0.717, 1.165) is 40.0 Å². The van der Waals surface area contributed by atoms with Gasteiger partial charge < -0.3 is 15.0 Å². The number of methoxy groups -OCH3 is 1. The predicted octanol–water partition coefficient (Wildman–Crippen LogP) is 2.02. The zero-order valence-electron chi connectivity index (χ0n) is 15.2. The van der Waals surface area contributed by atoms with Crippen molar-refractivity contribution in [2.75, 3.05) is 37.0 Å². The fraction of sp³-hybridized carbons (Fsp3) is 0.278. The number of aromatic amines is 1. The number of aromatic nitrogens is 6. The van der Waals surface area contributed by atoms with Gasteiger partial charge in [-0.15, -0.1) is 0 Å². The number of hydrogen-bond acceptors (Lipinski definition) is 8. The number of anilines is 2. The molecule has 9 heteroatoms. The summed E-state index contributed by atoms with van der Waals surface area (Å²) in [6, 6.07) is 3.87. The first-order valence-corrected chi connectivity index (χ1v) is 8.56. The van der Waals surface area contributed by atoms with Gasteiger partial charge in [0.2, 0.25) is 0 Å². The van der Waals surface area contributed by atoms with Gasteiger partial charge in [-0.05, 0) is 19.1 Å². The number of pyridine rings is 1. The Hall–Kier alpha value is -3.33. The van der Waals surface area contributed by atoms with Crippen LogP contribution in [0, 0.1) is 6.92 Å². The van der Waals surface area contributed by atoms with Gasteiger partial charge in [0.05, 0.1) is 25.0 Å². The summed E-state index contributed by atoms with van der Waals surface area (Å²) >= 11 is 0. The van der Waals surface area contributed by atoms with Crippen LogP contribution in [-0.4, -0.2) is 56.9 Å². The topological polar surface area (TPSA) is 105 Å². The van der Waals surface area contributed by atoms with Gasteiger partial charge in [0, 0.05) is 30.6 Å². The van der Waals surface area contributed by atoms with Crippen molar-refractivity contribution >= 4 is 11.6 Å². The standard InChI is InChI=1S/C18H20N8O/c1-11-8-19-17-18(26(11)6-7-27-3)24-15(9-20-17)13-4-5-14(23-12(13)2)16-21-10-22-25-16/h4-5,9-10H,1,6-8H2,2-3H3,(H,19,20)(H,21,22,25). The molecule has 2 N–H and O–H groups in total. The minimum atomic E-state index is 0.580. The molecule has 9 nitrogen and oxygen atoms in total. The molecular weight excluding hydrogens is 344 g/mol. The van der Waals surface area contributed by atoms with Crippen molar-refractivity contribution in [3.8, 4) is 22.8 Å². The highest BCUT2D eigenvalue weighted by Gasteiger charge is 2.23. The molecule has 0 fully saturated rings. The Kier molecular flexibility index (Phi) is 4.51. The Morgan fingerprint density at radius 3 is 2.85 bits per heavy atom. The van der Waals surface area contributed by atoms with E-state index in [1.807, 2.05) is 24.0 Å². The second-order valence-corrected chi connectivity index (χ2v) is 6.16. The summed E-state index contributed by atoms with van der Waals surface area (Å²) in [4.78, 5) is 20.2. The van der Waals surface area contributed by atoms with Crippen molar-refractivity contribution in [2.24, 2.45) is 0 Å². The molecule has 3 aromatic heterocycles. The third kappa shape index (κ3) is 3.24. The van der Waals surface area contributed by atoms with E-state index in [1.54, 1.807) is 13.3 Å². The zero-order chi connectivity index (χ0) is 18.8. The van der Waals surface area contributed by atoms with Crippen LogP contribution in [0.15, 0.2) is 36.9 Å². The average molecular weight is 364 g/mol. The number of hydrogen-bond donors (Lipinski definition) is 2. The monoisotopic (exact) mass is 364 g/mol. The van der Waals surface area contributed by atoms with E-state index in [0.29, 0.717) is 25.5 Å². The van der Waals surface area contributed by atoms with Crippen LogP contribution < -0.4 is 10.2 Å². The summed E-state index contributed by atoms with van der Waals surface area (Å²) in [5, 5.41) is 9.94. The van der Waals surface area contributed by atoms with Gasteiger partial charge in [-0.3, -0.25) is 5.10 Å². The van der Waals surface area contributed by atoms with Crippen LogP contribution in [0.4, 0.5) is 11.6 Å². The van der Waals surface area contributed by atoms with Gasteiger partial charge in [0.15, 0.2) is 17.5 Å². The Bertz CT molecular complexity index is 969. The number of H-pyrrole nitrogens is 1. The number of ether oxygens (including phenoxy) is 1. The first-order chi connectivity index (χ1) is 13.2. The van der Waals surface area contributed by atoms with Crippen LogP contribution in [0.3, 0.4) is 0 Å². The van der Waals surface area contributed by atoms with E-state index in [1.165, 1.54) is 6.33 Å². The molecule has 0 aliphatic carbocycles. The molecule has 4 heterocycles. The van der Waals surface area contributed by atoms with Gasteiger partial charge in [-0.2, -0.15) is 5.10 Å². The summed E-state index contributed by atoms with van der Waals surface area (Å²) in [6.45, 7) is 7.95. The largest absolute Gasteiger partial charge is 0.383 e. The summed E-state index contributed by atoms with van der Waals surface area (Å²) in [5.41, 5.74) is 4.17. The molecule has 0 spiro atoms. The zero-order valence-corrected chi connectivity index (χ0v) is 15.2. The molecule has 0 bridgehead atoms. The minimum Gasteiger partial charge on any atom is -0.383 e. The fourth-order valence-electron chi connectivity index (χ4n) is 2.99. The third-order valence-corrected chi connectivity index (χ3v) is 4.39. The maximum Gasteiger partial charge on any atom is 0.176 e. The molecule has 0 unspecified atom stereocenters. The Morgan fingerprint density at radius 2 is 2.11 bits per heavy atom. The lowest BCUT2D eigenvalue weighted by Crippen LogP contribution is -2.35. The molecule has 0 atom stereocenters. The lowest BCUT2D eigenvalue weighted by atomic mass is 10.1. The molecule has 27 heavy (non-hydrogen) atoms. The van der Waals surface area contributed by atoms with Crippen molar-refractivity contribution in [3.63, 3.8) is 0 Å². The lowest BCUT2D eigenvalue weighted by Gasteiger charge is -2.32. The van der Waals surface area contributed by atoms with Crippen molar-refractivity contribution in [1.82, 2.24) is 30.1 Å². The lowest BCUT2D eigenvalue weighted by molar-refractivity contribution is 0.206. The van der Waals surface area contributed by atoms with Gasteiger partial charge >= 0.3 is 0 Å². The molecule has 0 saturated heterocycles. The molecule has 1 aliphatic rings. The third-order valence-electron chi connectivity index (χ3n) is 4.39. The van der Waals surface area contributed by atoms with Crippen molar-refractivity contribution in [3.05, 3.63) is 42.6 Å². The number of fused-ring (bicyclic) bond motifs is 1. The van der Waals surface area contributed by atoms with Crippen LogP contribution in [0.1, 0.15) is 5.69 Å². The van der Waals surface area contributed by atoms with Crippen LogP contribution in [-0.2, 0) is 4.74 Å². The Morgan fingerprint density at radius 1 is 1.22 bits per heavy atom. The minimum absolute atomic E-state index is 0.580. The SMILES string of the molecule is C=C1CNc2ncc(-c3ccc(-c4ncn[nH]4)nc3C)nc2N1CCOC. The fourth-order valence-corrected chi connectivity index (χ4v) is 2.99. The molecule has 1 aliphatic heterocycles. The van der Waals surface area contributed by atoms with Crippen LogP contribution in [0.25, 0.3) is 22.8 Å². The van der Waals surface area contributed by atoms with Crippen LogP contribution in [0.2, 0.25) is 0 Å². The van der Waals surface area contributed by atoms with Crippen LogP contribution in [0.5, 0.6) is 0 Å². The van der Waals surface area contributed by atoms with Gasteiger partial charge in [-0.25, -0.2) is 19.9 Å². The number of nitrogens with one attached hydrogen (secondary N) is 2. The smallest absolute Gasteiger partial charge is 0.176 e. The quantitative estimate of drug-likeness (QED) is 0.708. The summed E-state index contributed by atoms with van der Waals surface area (Å²) < 4.78 is 5.22. The molecule has 4 rings (SSSR count). The first-order valence-electron chi connectivity index (χ1n) is 8.56. The summed E-state index contributed by atoms with van der Waals surface area (Å²) in [6.07, 6.45) is 3.22. The van der Waals surface area contributed by atoms with E-state index >= 15 is 0 Å². The van der Waals surface area contributed by atoms with E-state index in [-0.39, 0.29) is 0 Å². The molecule has 3 aromatic rings. The number of nitrogens with zero attached hydrogens (tertiary/aromatic N) is 6. The molecule has 0 amide bonds. The molecule has 0 aromatic carbocycles. The predicted molar refractivity (Wildman–Crippen MR) is 102 cm³/mol. The normalized spacial score (nSPS) is 13.4.